The van der Waals surface area contributed by atoms with E-state index in [0.717, 1.165) is 23.3 Å². The maximum Gasteiger partial charge on any atom is 0.363 e. The molecule has 0 bridgehead atoms. The van der Waals surface area contributed by atoms with Crippen LogP contribution in [-0.2, 0) is 28.8 Å². The van der Waals surface area contributed by atoms with Crippen LogP contribution in [0.15, 0.2) is 77.2 Å². The van der Waals surface area contributed by atoms with E-state index >= 15 is 0 Å². The Morgan fingerprint density at radius 1 is 0.831 bits per heavy atom. The highest BCUT2D eigenvalue weighted by molar-refractivity contribution is 6.04. The second-order valence-electron chi connectivity index (χ2n) is 13.2. The molecule has 18 heteroatoms. The predicted molar refractivity (Wildman–Crippen MR) is 208 cm³/mol. The molecule has 0 spiro atoms. The zero-order chi connectivity index (χ0) is 43.1. The first-order chi connectivity index (χ1) is 28.3. The maximum atomic E-state index is 13.6. The van der Waals surface area contributed by atoms with E-state index < -0.39 is 72.6 Å². The number of hydroxylamine groups is 2. The van der Waals surface area contributed by atoms with Gasteiger partial charge in [-0.2, -0.15) is 5.06 Å². The van der Waals surface area contributed by atoms with E-state index in [1.165, 1.54) is 30.3 Å². The molecule has 4 aromatic rings. The Labute approximate surface area is 337 Å². The van der Waals surface area contributed by atoms with Gasteiger partial charge < -0.3 is 45.3 Å². The molecule has 59 heavy (non-hydrogen) atoms. The van der Waals surface area contributed by atoms with Crippen LogP contribution < -0.4 is 20.7 Å². The van der Waals surface area contributed by atoms with Crippen molar-refractivity contribution in [3.05, 3.63) is 89.7 Å². The molecule has 4 amide bonds. The number of carboxylic acid groups (broad SMARTS) is 3. The van der Waals surface area contributed by atoms with E-state index in [4.69, 9.17) is 24.2 Å². The molecule has 4 rings (SSSR count). The summed E-state index contributed by atoms with van der Waals surface area (Å²) in [7, 11) is 0. The molecule has 1 heterocycles. The monoisotopic (exact) mass is 816 g/mol. The summed E-state index contributed by atoms with van der Waals surface area (Å²) in [6, 6.07) is 16.2. The van der Waals surface area contributed by atoms with Gasteiger partial charge in [0, 0.05) is 5.56 Å². The number of unbranched alkanes of at least 4 members (excludes halogenated alkanes) is 2. The Morgan fingerprint density at radius 2 is 1.58 bits per heavy atom. The third kappa shape index (κ3) is 12.1. The van der Waals surface area contributed by atoms with Crippen LogP contribution in [0.4, 0.5) is 0 Å². The van der Waals surface area contributed by atoms with Crippen LogP contribution >= 0.6 is 0 Å². The van der Waals surface area contributed by atoms with E-state index in [2.05, 4.69) is 16.0 Å². The molecule has 3 atom stereocenters. The normalized spacial score (nSPS) is 12.3. The molecular formula is C41H44N4O14. The zero-order valence-corrected chi connectivity index (χ0v) is 32.2. The van der Waals surface area contributed by atoms with Gasteiger partial charge in [-0.05, 0) is 53.9 Å². The van der Waals surface area contributed by atoms with Crippen LogP contribution in [0.3, 0.4) is 0 Å². The van der Waals surface area contributed by atoms with Crippen LogP contribution in [-0.4, -0.2) is 93.8 Å². The highest BCUT2D eigenvalue weighted by atomic mass is 16.7. The smallest absolute Gasteiger partial charge is 0.363 e. The molecule has 18 nitrogen and oxygen atoms in total. The summed E-state index contributed by atoms with van der Waals surface area (Å²) in [6.07, 6.45) is 2.36. The van der Waals surface area contributed by atoms with Crippen molar-refractivity contribution in [1.82, 2.24) is 21.0 Å². The fraction of sp³-hybridized carbons (Fsp3) is 0.317. The number of hydrogen-bond donors (Lipinski definition) is 6. The fourth-order valence-corrected chi connectivity index (χ4v) is 6.25. The van der Waals surface area contributed by atoms with Crippen LogP contribution in [0.25, 0.3) is 22.1 Å². The van der Waals surface area contributed by atoms with Gasteiger partial charge in [0.05, 0.1) is 36.2 Å². The number of ether oxygens (including phenoxy) is 1. The maximum absolute atomic E-state index is 13.6. The SMILES string of the molecule is CCCCCC(C(=O)NCNC(=O)c1ccc(-c2ccc(C(=O)NC(CC(=O)O)C(=O)O)c(OCC(=O)O)c2)o1)C(CC)N(C=O)OC(=O)c1cccc2ccccc12. The van der Waals surface area contributed by atoms with Crippen LogP contribution in [0, 0.1) is 5.92 Å². The summed E-state index contributed by atoms with van der Waals surface area (Å²) in [6.45, 7) is 2.52. The van der Waals surface area contributed by atoms with Gasteiger partial charge in [0.2, 0.25) is 12.3 Å². The molecule has 1 aromatic heterocycles. The van der Waals surface area contributed by atoms with Crippen LogP contribution in [0.5, 0.6) is 5.75 Å². The Hall–Kier alpha value is -7.24. The summed E-state index contributed by atoms with van der Waals surface area (Å²) in [5.41, 5.74) is 0.165. The van der Waals surface area contributed by atoms with Gasteiger partial charge in [-0.3, -0.25) is 24.0 Å². The number of aliphatic carboxylic acids is 3. The third-order valence-electron chi connectivity index (χ3n) is 9.15. The lowest BCUT2D eigenvalue weighted by molar-refractivity contribution is -0.171. The van der Waals surface area contributed by atoms with E-state index in [1.54, 1.807) is 31.2 Å². The van der Waals surface area contributed by atoms with Crippen molar-refractivity contribution >= 4 is 58.8 Å². The molecule has 0 fully saturated rings. The zero-order valence-electron chi connectivity index (χ0n) is 32.2. The highest BCUT2D eigenvalue weighted by Gasteiger charge is 2.34. The standard InChI is InChI=1S/C41H44N4O14/c1-3-5-6-13-28(31(4-2)45(23-46)59-41(56)27-14-9-11-24-10-7-8-12-26(24)27)37(51)42-22-43-39(53)33-18-17-32(58-33)25-15-16-29(34(19-25)57-21-36(49)50)38(52)44-30(40(54)55)20-35(47)48/h7-12,14-19,23,28,30-31H,3-6,13,20-22H2,1-2H3,(H,42,51)(H,43,53)(H,44,52)(H,47,48)(H,49,50)(H,54,55). The molecule has 3 aromatic carbocycles. The van der Waals surface area contributed by atoms with Crippen molar-refractivity contribution in [3.63, 3.8) is 0 Å². The number of hydrogen-bond acceptors (Lipinski definition) is 11. The lowest BCUT2D eigenvalue weighted by Crippen LogP contribution is -2.49. The third-order valence-corrected chi connectivity index (χ3v) is 9.15. The largest absolute Gasteiger partial charge is 0.481 e. The average molecular weight is 817 g/mol. The van der Waals surface area contributed by atoms with Crippen LogP contribution in [0.1, 0.15) is 83.6 Å². The van der Waals surface area contributed by atoms with Gasteiger partial charge in [0.25, 0.3) is 11.8 Å². The molecule has 0 radical (unpaired) electrons. The number of carbonyl (C=O) groups is 8. The number of furan rings is 1. The van der Waals surface area contributed by atoms with E-state index in [0.29, 0.717) is 24.6 Å². The van der Waals surface area contributed by atoms with Gasteiger partial charge >= 0.3 is 23.9 Å². The van der Waals surface area contributed by atoms with E-state index in [1.807, 2.05) is 25.1 Å². The summed E-state index contributed by atoms with van der Waals surface area (Å²) >= 11 is 0. The van der Waals surface area contributed by atoms with Gasteiger partial charge in [-0.15, -0.1) is 0 Å². The summed E-state index contributed by atoms with van der Waals surface area (Å²) in [5.74, 6) is -8.77. The second-order valence-corrected chi connectivity index (χ2v) is 13.2. The van der Waals surface area contributed by atoms with Crippen molar-refractivity contribution in [2.45, 2.75) is 64.5 Å². The average Bonchev–Trinajstić information content (AvgIpc) is 3.72. The molecule has 0 aliphatic carbocycles. The van der Waals surface area contributed by atoms with Gasteiger partial charge in [-0.1, -0.05) is 75.6 Å². The Bertz CT molecular complexity index is 2180. The van der Waals surface area contributed by atoms with Crippen molar-refractivity contribution in [3.8, 4) is 17.1 Å². The summed E-state index contributed by atoms with van der Waals surface area (Å²) in [4.78, 5) is 105. The Kier molecular flexibility index (Phi) is 16.1. The quantitative estimate of drug-likeness (QED) is 0.0265. The highest BCUT2D eigenvalue weighted by Crippen LogP contribution is 2.30. The first-order valence-corrected chi connectivity index (χ1v) is 18.6. The minimum atomic E-state index is -1.79. The molecule has 6 N–H and O–H groups in total. The van der Waals surface area contributed by atoms with E-state index in [-0.39, 0.29) is 47.0 Å². The van der Waals surface area contributed by atoms with Gasteiger partial charge in [-0.25, -0.2) is 14.4 Å². The minimum absolute atomic E-state index is 0.0781. The van der Waals surface area contributed by atoms with Crippen LogP contribution in [0.2, 0.25) is 0 Å². The molecule has 0 aliphatic rings. The fourth-order valence-electron chi connectivity index (χ4n) is 6.25. The summed E-state index contributed by atoms with van der Waals surface area (Å²) in [5, 5.41) is 37.0. The van der Waals surface area contributed by atoms with Gasteiger partial charge in [0.1, 0.15) is 17.6 Å². The number of carbonyl (C=O) groups excluding carboxylic acids is 5. The number of nitrogens with one attached hydrogen (secondary N) is 3. The van der Waals surface area contributed by atoms with E-state index in [9.17, 15) is 43.5 Å². The second kappa shape index (κ2) is 21.3. The number of carboxylic acids is 3. The predicted octanol–water partition coefficient (Wildman–Crippen LogP) is 4.23. The lowest BCUT2D eigenvalue weighted by atomic mass is 9.90. The molecular weight excluding hydrogens is 772 g/mol. The summed E-state index contributed by atoms with van der Waals surface area (Å²) < 4.78 is 10.9. The molecule has 3 unspecified atom stereocenters. The molecule has 0 aliphatic heterocycles. The Balaban J connectivity index is 1.44. The molecule has 312 valence electrons. The number of nitrogens with zero attached hydrogens (tertiary/aromatic N) is 1. The number of amides is 4. The topological polar surface area (TPSA) is 268 Å². The first-order valence-electron chi connectivity index (χ1n) is 18.6. The Morgan fingerprint density at radius 3 is 2.25 bits per heavy atom. The molecule has 0 saturated carbocycles. The first kappa shape index (κ1) is 44.5. The van der Waals surface area contributed by atoms with Crippen molar-refractivity contribution in [2.24, 2.45) is 5.92 Å². The van der Waals surface area contributed by atoms with Crippen molar-refractivity contribution in [1.29, 1.82) is 0 Å². The molecule has 0 saturated heterocycles. The van der Waals surface area contributed by atoms with Crippen molar-refractivity contribution < 1.29 is 67.7 Å². The van der Waals surface area contributed by atoms with Crippen molar-refractivity contribution in [2.75, 3.05) is 13.3 Å². The number of benzene rings is 3. The van der Waals surface area contributed by atoms with Gasteiger partial charge in [0.15, 0.2) is 12.4 Å². The number of fused-ring (bicyclic) bond motifs is 1. The minimum Gasteiger partial charge on any atom is -0.481 e. The number of rotatable bonds is 23. The lowest BCUT2D eigenvalue weighted by Gasteiger charge is -2.32.